The molecule has 0 bridgehead atoms. The Morgan fingerprint density at radius 3 is 2.69 bits per heavy atom. The molecular weight excluding hydrogens is 368 g/mol. The van der Waals surface area contributed by atoms with Crippen LogP contribution in [0.3, 0.4) is 0 Å². The molecule has 0 aliphatic rings. The molecule has 0 atom stereocenters. The fraction of sp³-hybridized carbons (Fsp3) is 0.176. The monoisotopic (exact) mass is 384 g/mol. The first kappa shape index (κ1) is 16.8. The van der Waals surface area contributed by atoms with Crippen molar-refractivity contribution in [2.75, 3.05) is 0 Å². The molecule has 0 saturated heterocycles. The summed E-state index contributed by atoms with van der Waals surface area (Å²) in [7, 11) is 1.86. The molecule has 1 aromatic carbocycles. The topological polar surface area (TPSA) is 70.5 Å². The van der Waals surface area contributed by atoms with Gasteiger partial charge in [0.15, 0.2) is 5.69 Å². The Hall–Kier alpha value is -2.65. The third-order valence-corrected chi connectivity index (χ3v) is 6.13. The van der Waals surface area contributed by atoms with Gasteiger partial charge >= 0.3 is 0 Å². The Labute approximate surface area is 157 Å². The van der Waals surface area contributed by atoms with E-state index >= 15 is 0 Å². The average molecular weight is 384 g/mol. The van der Waals surface area contributed by atoms with Gasteiger partial charge in [-0.3, -0.25) is 9.48 Å². The Kier molecular flexibility index (Phi) is 4.48. The minimum Gasteiger partial charge on any atom is -0.283 e. The van der Waals surface area contributed by atoms with Crippen molar-refractivity contribution in [2.24, 2.45) is 7.05 Å². The molecule has 0 radical (unpaired) electrons. The van der Waals surface area contributed by atoms with E-state index in [1.54, 1.807) is 16.0 Å². The van der Waals surface area contributed by atoms with Crippen LogP contribution in [0.2, 0.25) is 0 Å². The van der Waals surface area contributed by atoms with Crippen molar-refractivity contribution in [3.05, 3.63) is 68.8 Å². The van der Waals surface area contributed by atoms with Gasteiger partial charge in [0.2, 0.25) is 5.16 Å². The summed E-state index contributed by atoms with van der Waals surface area (Å²) in [5.41, 5.74) is 1.91. The molecule has 4 aromatic rings. The summed E-state index contributed by atoms with van der Waals surface area (Å²) >= 11 is 3.20. The number of thioether (sulfide) groups is 1. The average Bonchev–Trinajstić information content (AvgIpc) is 3.36. The van der Waals surface area contributed by atoms with E-state index in [9.17, 15) is 4.79 Å². The predicted octanol–water partition coefficient (Wildman–Crippen LogP) is 2.81. The first-order chi connectivity index (χ1) is 12.7. The van der Waals surface area contributed by atoms with E-state index in [1.807, 2.05) is 60.4 Å². The van der Waals surface area contributed by atoms with Gasteiger partial charge in [0, 0.05) is 17.7 Å². The lowest BCUT2D eigenvalue weighted by molar-refractivity contribution is 0.630. The summed E-state index contributed by atoms with van der Waals surface area (Å²) < 4.78 is 4.98. The second kappa shape index (κ2) is 6.93. The summed E-state index contributed by atoms with van der Waals surface area (Å²) in [5.74, 6) is 0.761. The zero-order chi connectivity index (χ0) is 18.1. The first-order valence-corrected chi connectivity index (χ1v) is 9.81. The van der Waals surface area contributed by atoms with E-state index in [-0.39, 0.29) is 5.56 Å². The molecule has 0 amide bonds. The molecule has 3 heterocycles. The van der Waals surface area contributed by atoms with Gasteiger partial charge in [0.1, 0.15) is 0 Å². The Balaban J connectivity index is 1.76. The number of rotatable bonds is 5. The SMILES string of the molecule is Cc1c(-n2nnnc2SCc2cccs2)c(=O)n(-c2ccccc2)n1C. The van der Waals surface area contributed by atoms with Crippen LogP contribution in [-0.4, -0.2) is 29.6 Å². The van der Waals surface area contributed by atoms with Crippen molar-refractivity contribution >= 4 is 23.1 Å². The second-order valence-corrected chi connectivity index (χ2v) is 7.63. The quantitative estimate of drug-likeness (QED) is 0.495. The van der Waals surface area contributed by atoms with Gasteiger partial charge in [-0.15, -0.1) is 16.4 Å². The highest BCUT2D eigenvalue weighted by Gasteiger charge is 2.21. The Bertz CT molecular complexity index is 1080. The van der Waals surface area contributed by atoms with Crippen molar-refractivity contribution in [2.45, 2.75) is 17.8 Å². The Morgan fingerprint density at radius 1 is 1.15 bits per heavy atom. The molecule has 4 rings (SSSR count). The number of para-hydroxylation sites is 1. The maximum atomic E-state index is 13.1. The van der Waals surface area contributed by atoms with Gasteiger partial charge in [0.05, 0.1) is 11.4 Å². The van der Waals surface area contributed by atoms with Gasteiger partial charge in [-0.2, -0.15) is 4.68 Å². The summed E-state index contributed by atoms with van der Waals surface area (Å²) in [6.45, 7) is 1.89. The molecule has 0 N–H and O–H groups in total. The third-order valence-electron chi connectivity index (χ3n) is 4.10. The number of benzene rings is 1. The van der Waals surface area contributed by atoms with E-state index < -0.39 is 0 Å². The Morgan fingerprint density at radius 2 is 1.96 bits per heavy atom. The predicted molar refractivity (Wildman–Crippen MR) is 102 cm³/mol. The number of hydrogen-bond acceptors (Lipinski definition) is 6. The van der Waals surface area contributed by atoms with Gasteiger partial charge in [-0.05, 0) is 40.9 Å². The van der Waals surface area contributed by atoms with Crippen molar-refractivity contribution < 1.29 is 0 Å². The lowest BCUT2D eigenvalue weighted by atomic mass is 10.3. The minimum absolute atomic E-state index is 0.151. The number of aromatic nitrogens is 6. The highest BCUT2D eigenvalue weighted by Crippen LogP contribution is 2.25. The van der Waals surface area contributed by atoms with Crippen molar-refractivity contribution in [1.82, 2.24) is 29.6 Å². The highest BCUT2D eigenvalue weighted by molar-refractivity contribution is 7.98. The molecule has 26 heavy (non-hydrogen) atoms. The summed E-state index contributed by atoms with van der Waals surface area (Å²) in [4.78, 5) is 14.3. The van der Waals surface area contributed by atoms with Gasteiger partial charge < -0.3 is 0 Å². The molecule has 0 aliphatic carbocycles. The van der Waals surface area contributed by atoms with Gasteiger partial charge in [0.25, 0.3) is 5.56 Å². The molecule has 0 unspecified atom stereocenters. The van der Waals surface area contributed by atoms with Crippen LogP contribution in [-0.2, 0) is 12.8 Å². The van der Waals surface area contributed by atoms with Crippen LogP contribution in [0, 0.1) is 6.92 Å². The lowest BCUT2D eigenvalue weighted by Crippen LogP contribution is -2.22. The fourth-order valence-corrected chi connectivity index (χ4v) is 4.39. The molecule has 132 valence electrons. The minimum atomic E-state index is -0.151. The summed E-state index contributed by atoms with van der Waals surface area (Å²) in [5, 5.41) is 14.6. The summed E-state index contributed by atoms with van der Waals surface area (Å²) in [6, 6.07) is 13.6. The zero-order valence-corrected chi connectivity index (χ0v) is 15.9. The maximum absolute atomic E-state index is 13.1. The second-order valence-electron chi connectivity index (χ2n) is 5.65. The van der Waals surface area contributed by atoms with Crippen LogP contribution in [0.5, 0.6) is 0 Å². The van der Waals surface area contributed by atoms with Crippen molar-refractivity contribution in [1.29, 1.82) is 0 Å². The maximum Gasteiger partial charge on any atom is 0.297 e. The molecule has 3 aromatic heterocycles. The number of hydrogen-bond donors (Lipinski definition) is 0. The molecule has 9 heteroatoms. The van der Waals surface area contributed by atoms with Crippen LogP contribution in [0.1, 0.15) is 10.6 Å². The normalized spacial score (nSPS) is 11.2. The molecule has 0 spiro atoms. The van der Waals surface area contributed by atoms with Gasteiger partial charge in [-0.1, -0.05) is 36.0 Å². The van der Waals surface area contributed by atoms with Crippen LogP contribution in [0.4, 0.5) is 0 Å². The molecule has 0 saturated carbocycles. The molecule has 7 nitrogen and oxygen atoms in total. The first-order valence-electron chi connectivity index (χ1n) is 7.95. The van der Waals surface area contributed by atoms with Crippen LogP contribution in [0.25, 0.3) is 11.4 Å². The van der Waals surface area contributed by atoms with E-state index in [0.717, 1.165) is 17.1 Å². The smallest absolute Gasteiger partial charge is 0.283 e. The van der Waals surface area contributed by atoms with Crippen LogP contribution >= 0.6 is 23.1 Å². The van der Waals surface area contributed by atoms with Crippen molar-refractivity contribution in [3.8, 4) is 11.4 Å². The molecular formula is C17H16N6OS2. The summed E-state index contributed by atoms with van der Waals surface area (Å²) in [6.07, 6.45) is 0. The fourth-order valence-electron chi connectivity index (χ4n) is 2.74. The van der Waals surface area contributed by atoms with E-state index in [2.05, 4.69) is 21.6 Å². The molecule has 0 fully saturated rings. The third kappa shape index (κ3) is 2.89. The zero-order valence-electron chi connectivity index (χ0n) is 14.2. The number of nitrogens with zero attached hydrogens (tertiary/aromatic N) is 6. The van der Waals surface area contributed by atoms with E-state index in [4.69, 9.17) is 0 Å². The lowest BCUT2D eigenvalue weighted by Gasteiger charge is -2.07. The number of tetrazole rings is 1. The standard InChI is InChI=1S/C17H16N6OS2/c1-12-15(16(24)23(21(12)2)13-7-4-3-5-8-13)22-17(18-19-20-22)26-11-14-9-6-10-25-14/h3-10H,11H2,1-2H3. The number of thiophene rings is 1. The van der Waals surface area contributed by atoms with Crippen molar-refractivity contribution in [3.63, 3.8) is 0 Å². The largest absolute Gasteiger partial charge is 0.297 e. The highest BCUT2D eigenvalue weighted by atomic mass is 32.2. The van der Waals surface area contributed by atoms with E-state index in [0.29, 0.717) is 10.8 Å². The van der Waals surface area contributed by atoms with Crippen LogP contribution < -0.4 is 5.56 Å². The molecule has 0 aliphatic heterocycles. The van der Waals surface area contributed by atoms with Crippen LogP contribution in [0.15, 0.2) is 57.8 Å². The van der Waals surface area contributed by atoms with E-state index in [1.165, 1.54) is 21.3 Å². The van der Waals surface area contributed by atoms with Gasteiger partial charge in [-0.25, -0.2) is 4.68 Å².